The number of anilines is 1. The van der Waals surface area contributed by atoms with E-state index in [2.05, 4.69) is 20.7 Å². The number of aromatic nitrogens is 3. The zero-order valence-electron chi connectivity index (χ0n) is 15.9. The lowest BCUT2D eigenvalue weighted by Crippen LogP contribution is -2.27. The third-order valence-electron chi connectivity index (χ3n) is 5.03. The Morgan fingerprint density at radius 2 is 1.93 bits per heavy atom. The van der Waals surface area contributed by atoms with E-state index in [0.717, 1.165) is 43.9 Å². The summed E-state index contributed by atoms with van der Waals surface area (Å²) in [5.41, 5.74) is -0.0195. The van der Waals surface area contributed by atoms with Gasteiger partial charge in [-0.1, -0.05) is 19.1 Å². The van der Waals surface area contributed by atoms with Crippen LogP contribution in [0.2, 0.25) is 0 Å². The summed E-state index contributed by atoms with van der Waals surface area (Å²) in [4.78, 5) is 16.8. The number of amides is 1. The van der Waals surface area contributed by atoms with Crippen molar-refractivity contribution in [3.05, 3.63) is 41.2 Å². The molecule has 1 aromatic carbocycles. The number of aryl methyl sites for hydroxylation is 1. The second kappa shape index (κ2) is 8.30. The van der Waals surface area contributed by atoms with Crippen molar-refractivity contribution >= 4 is 11.9 Å². The molecule has 1 aliphatic heterocycles. The zero-order valence-corrected chi connectivity index (χ0v) is 15.9. The van der Waals surface area contributed by atoms with E-state index < -0.39 is 11.7 Å². The molecular formula is C19H24F3N5O. The second-order valence-electron chi connectivity index (χ2n) is 7.21. The fraction of sp³-hybridized carbons (Fsp3) is 0.526. The minimum absolute atomic E-state index is 0.140. The van der Waals surface area contributed by atoms with Gasteiger partial charge in [-0.15, -0.1) is 0 Å². The van der Waals surface area contributed by atoms with Crippen molar-refractivity contribution in [1.82, 2.24) is 20.1 Å². The first-order chi connectivity index (χ1) is 13.2. The molecule has 152 valence electrons. The van der Waals surface area contributed by atoms with Gasteiger partial charge in [0.25, 0.3) is 0 Å². The molecule has 2 N–H and O–H groups in total. The van der Waals surface area contributed by atoms with Crippen molar-refractivity contribution in [3.8, 4) is 0 Å². The number of nitrogens with zero attached hydrogens (tertiary/aromatic N) is 3. The first kappa shape index (κ1) is 20.3. The summed E-state index contributed by atoms with van der Waals surface area (Å²) in [6, 6.07) is 4.91. The van der Waals surface area contributed by atoms with E-state index >= 15 is 0 Å². The average molecular weight is 395 g/mol. The molecule has 1 aliphatic rings. The normalized spacial score (nSPS) is 16.8. The van der Waals surface area contributed by atoms with Gasteiger partial charge in [0.1, 0.15) is 0 Å². The maximum absolute atomic E-state index is 12.7. The fourth-order valence-corrected chi connectivity index (χ4v) is 3.34. The highest BCUT2D eigenvalue weighted by Crippen LogP contribution is 2.30. The van der Waals surface area contributed by atoms with E-state index in [4.69, 9.17) is 0 Å². The molecule has 0 bridgehead atoms. The molecular weight excluding hydrogens is 371 g/mol. The first-order valence-electron chi connectivity index (χ1n) is 9.32. The van der Waals surface area contributed by atoms with E-state index in [1.54, 1.807) is 18.7 Å². The number of hydrogen-bond donors (Lipinski definition) is 2. The van der Waals surface area contributed by atoms with Gasteiger partial charge in [-0.3, -0.25) is 10.1 Å². The number of carbonyl (C=O) groups excluding carboxylic acids is 1. The van der Waals surface area contributed by atoms with Gasteiger partial charge in [-0.05, 0) is 49.5 Å². The van der Waals surface area contributed by atoms with Crippen LogP contribution in [0.4, 0.5) is 19.1 Å². The minimum Gasteiger partial charge on any atom is -0.317 e. The second-order valence-corrected chi connectivity index (χ2v) is 7.21. The number of hydrogen-bond acceptors (Lipinski definition) is 4. The molecule has 1 fully saturated rings. The number of nitrogens with one attached hydrogen (secondary N) is 2. The Balaban J connectivity index is 1.60. The number of rotatable bonds is 5. The maximum atomic E-state index is 12.7. The molecule has 0 radical (unpaired) electrons. The summed E-state index contributed by atoms with van der Waals surface area (Å²) in [5, 5.41) is 10.5. The van der Waals surface area contributed by atoms with Gasteiger partial charge in [-0.2, -0.15) is 23.3 Å². The Bertz CT molecular complexity index is 810. The van der Waals surface area contributed by atoms with Gasteiger partial charge in [0.05, 0.1) is 5.56 Å². The summed E-state index contributed by atoms with van der Waals surface area (Å²) in [6.45, 7) is 3.66. The van der Waals surface area contributed by atoms with Gasteiger partial charge in [0, 0.05) is 19.4 Å². The number of halogens is 3. The van der Waals surface area contributed by atoms with E-state index in [1.807, 2.05) is 0 Å². The average Bonchev–Trinajstić information content (AvgIpc) is 3.02. The van der Waals surface area contributed by atoms with Crippen LogP contribution < -0.4 is 10.6 Å². The molecule has 28 heavy (non-hydrogen) atoms. The van der Waals surface area contributed by atoms with Crippen molar-refractivity contribution in [1.29, 1.82) is 0 Å². The fourth-order valence-electron chi connectivity index (χ4n) is 3.34. The van der Waals surface area contributed by atoms with Crippen LogP contribution in [-0.4, -0.2) is 33.8 Å². The van der Waals surface area contributed by atoms with E-state index in [0.29, 0.717) is 11.5 Å². The van der Waals surface area contributed by atoms with Crippen LogP contribution in [0.3, 0.4) is 0 Å². The van der Waals surface area contributed by atoms with Gasteiger partial charge in [0.15, 0.2) is 5.82 Å². The Labute approximate surface area is 161 Å². The van der Waals surface area contributed by atoms with Crippen LogP contribution in [0, 0.1) is 0 Å². The first-order valence-corrected chi connectivity index (χ1v) is 9.32. The predicted octanol–water partition coefficient (Wildman–Crippen LogP) is 3.43. The summed E-state index contributed by atoms with van der Waals surface area (Å²) in [7, 11) is 1.73. The zero-order chi connectivity index (χ0) is 20.3. The molecule has 2 heterocycles. The summed E-state index contributed by atoms with van der Waals surface area (Å²) in [5.74, 6) is 0.927. The van der Waals surface area contributed by atoms with Crippen molar-refractivity contribution in [2.45, 2.75) is 44.2 Å². The highest BCUT2D eigenvalue weighted by atomic mass is 19.4. The van der Waals surface area contributed by atoms with Gasteiger partial charge < -0.3 is 5.32 Å². The molecule has 1 atom stereocenters. The SMILES string of the molecule is CC(CC(=O)Nc1nc(C2CCNCC2)nn1C)c1ccc(C(F)(F)F)cc1. The van der Waals surface area contributed by atoms with Crippen LogP contribution in [0.25, 0.3) is 0 Å². The third-order valence-corrected chi connectivity index (χ3v) is 5.03. The molecule has 3 rings (SSSR count). The predicted molar refractivity (Wildman–Crippen MR) is 99.0 cm³/mol. The molecule has 1 aromatic heterocycles. The molecule has 1 amide bonds. The van der Waals surface area contributed by atoms with E-state index in [-0.39, 0.29) is 24.2 Å². The number of alkyl halides is 3. The monoisotopic (exact) mass is 395 g/mol. The Hall–Kier alpha value is -2.42. The van der Waals surface area contributed by atoms with Crippen LogP contribution in [0.15, 0.2) is 24.3 Å². The quantitative estimate of drug-likeness (QED) is 0.814. The summed E-state index contributed by atoms with van der Waals surface area (Å²) >= 11 is 0. The lowest BCUT2D eigenvalue weighted by Gasteiger charge is -2.19. The van der Waals surface area contributed by atoms with Gasteiger partial charge in [-0.25, -0.2) is 4.68 Å². The van der Waals surface area contributed by atoms with Crippen molar-refractivity contribution in [2.75, 3.05) is 18.4 Å². The largest absolute Gasteiger partial charge is 0.416 e. The highest BCUT2D eigenvalue weighted by molar-refractivity contribution is 5.89. The van der Waals surface area contributed by atoms with Crippen molar-refractivity contribution in [2.24, 2.45) is 7.05 Å². The number of piperidine rings is 1. The van der Waals surface area contributed by atoms with E-state index in [9.17, 15) is 18.0 Å². The number of carbonyl (C=O) groups is 1. The smallest absolute Gasteiger partial charge is 0.317 e. The highest BCUT2D eigenvalue weighted by Gasteiger charge is 2.30. The van der Waals surface area contributed by atoms with Crippen LogP contribution in [-0.2, 0) is 18.0 Å². The summed E-state index contributed by atoms with van der Waals surface area (Å²) in [6.07, 6.45) is -2.30. The lowest BCUT2D eigenvalue weighted by molar-refractivity contribution is -0.137. The van der Waals surface area contributed by atoms with Crippen LogP contribution in [0.5, 0.6) is 0 Å². The van der Waals surface area contributed by atoms with Crippen LogP contribution in [0.1, 0.15) is 55.0 Å². The summed E-state index contributed by atoms with van der Waals surface area (Å²) < 4.78 is 39.5. The third kappa shape index (κ3) is 4.89. The Morgan fingerprint density at radius 3 is 2.54 bits per heavy atom. The Morgan fingerprint density at radius 1 is 1.29 bits per heavy atom. The standard InChI is InChI=1S/C19H24F3N5O/c1-12(13-3-5-15(6-4-13)19(20,21)22)11-16(28)24-18-25-17(26-27(18)2)14-7-9-23-10-8-14/h3-6,12,14,23H,7-11H2,1-2H3,(H,24,25,26,28). The molecule has 0 spiro atoms. The molecule has 1 unspecified atom stereocenters. The lowest BCUT2D eigenvalue weighted by atomic mass is 9.96. The van der Waals surface area contributed by atoms with Crippen molar-refractivity contribution in [3.63, 3.8) is 0 Å². The Kier molecular flexibility index (Phi) is 6.02. The molecule has 9 heteroatoms. The molecule has 6 nitrogen and oxygen atoms in total. The molecule has 2 aromatic rings. The number of benzene rings is 1. The maximum Gasteiger partial charge on any atom is 0.416 e. The topological polar surface area (TPSA) is 71.8 Å². The van der Waals surface area contributed by atoms with Crippen molar-refractivity contribution < 1.29 is 18.0 Å². The van der Waals surface area contributed by atoms with E-state index in [1.165, 1.54) is 12.1 Å². The minimum atomic E-state index is -4.36. The molecule has 0 saturated carbocycles. The molecule has 0 aliphatic carbocycles. The van der Waals surface area contributed by atoms with Crippen LogP contribution >= 0.6 is 0 Å². The molecule has 1 saturated heterocycles. The van der Waals surface area contributed by atoms with Gasteiger partial charge in [0.2, 0.25) is 11.9 Å². The van der Waals surface area contributed by atoms with Gasteiger partial charge >= 0.3 is 6.18 Å².